The normalized spacial score (nSPS) is 17.5. The summed E-state index contributed by atoms with van der Waals surface area (Å²) in [6.07, 6.45) is 9.35. The molecule has 0 radical (unpaired) electrons. The van der Waals surface area contributed by atoms with Gasteiger partial charge in [0.2, 0.25) is 0 Å². The van der Waals surface area contributed by atoms with Crippen LogP contribution in [0.15, 0.2) is 242 Å². The maximum atomic E-state index is 2.58. The molecule has 9 aromatic carbocycles. The predicted octanol–water partition coefficient (Wildman–Crippen LogP) is 16.4. The van der Waals surface area contributed by atoms with E-state index in [2.05, 4.69) is 255 Å². The van der Waals surface area contributed by atoms with E-state index in [1.54, 1.807) is 0 Å². The Kier molecular flexibility index (Phi) is 8.58. The monoisotopic (exact) mass is 843 g/mol. The summed E-state index contributed by atoms with van der Waals surface area (Å²) in [5.74, 6) is 0. The predicted molar refractivity (Wildman–Crippen MR) is 274 cm³/mol. The quantitative estimate of drug-likeness (QED) is 0.154. The van der Waals surface area contributed by atoms with Gasteiger partial charge in [0, 0.05) is 22.4 Å². The molecule has 0 bridgehead atoms. The summed E-state index contributed by atoms with van der Waals surface area (Å²) in [5, 5.41) is 0. The van der Waals surface area contributed by atoms with Crippen LogP contribution in [0.5, 0.6) is 0 Å². The summed E-state index contributed by atoms with van der Waals surface area (Å²) in [6.45, 7) is 4.78. The molecule has 0 aliphatic heterocycles. The van der Waals surface area contributed by atoms with Crippen molar-refractivity contribution in [3.63, 3.8) is 0 Å². The van der Waals surface area contributed by atoms with Crippen molar-refractivity contribution in [2.75, 3.05) is 4.90 Å². The fourth-order valence-corrected chi connectivity index (χ4v) is 12.7. The van der Waals surface area contributed by atoms with Crippen LogP contribution < -0.4 is 4.90 Å². The van der Waals surface area contributed by atoms with Crippen molar-refractivity contribution in [3.8, 4) is 33.4 Å². The topological polar surface area (TPSA) is 3.24 Å². The highest BCUT2D eigenvalue weighted by molar-refractivity contribution is 5.99. The van der Waals surface area contributed by atoms with E-state index < -0.39 is 10.8 Å². The summed E-state index contributed by atoms with van der Waals surface area (Å²) in [7, 11) is 0. The maximum absolute atomic E-state index is 2.58. The van der Waals surface area contributed by atoms with Gasteiger partial charge in [-0.2, -0.15) is 0 Å². The lowest BCUT2D eigenvalue weighted by atomic mass is 9.66. The van der Waals surface area contributed by atoms with Gasteiger partial charge in [-0.05, 0) is 127 Å². The minimum absolute atomic E-state index is 0.165. The molecule has 4 aliphatic carbocycles. The van der Waals surface area contributed by atoms with E-state index in [1.165, 1.54) is 94.7 Å². The van der Waals surface area contributed by atoms with Gasteiger partial charge in [0.1, 0.15) is 0 Å². The first-order valence-corrected chi connectivity index (χ1v) is 23.6. The van der Waals surface area contributed by atoms with Crippen LogP contribution in [0.2, 0.25) is 0 Å². The minimum atomic E-state index is -0.523. The summed E-state index contributed by atoms with van der Waals surface area (Å²) < 4.78 is 0. The number of anilines is 3. The van der Waals surface area contributed by atoms with Crippen molar-refractivity contribution < 1.29 is 0 Å². The number of hydrogen-bond acceptors (Lipinski definition) is 1. The second kappa shape index (κ2) is 14.6. The standard InChI is InChI=1S/C65H49N/c1-63(2)55-33-18-15-30-50(55)52-40-38-49(43-60(52)63)66(48-39-41-58-54(42-48)51-31-16-19-34-56(51)64(58,44-22-7-3-8-23-44)45-24-9-4-10-25-45)61-37-21-36-59-62(61)53-32-17-20-35-57(53)65(59,46-26-11-5-12-27-46)47-28-13-6-14-29-47/h3,5-9,11-43H,4,10H2,1-2H3. The van der Waals surface area contributed by atoms with E-state index >= 15 is 0 Å². The Labute approximate surface area is 388 Å². The van der Waals surface area contributed by atoms with Crippen molar-refractivity contribution in [1.29, 1.82) is 0 Å². The van der Waals surface area contributed by atoms with Gasteiger partial charge in [0.05, 0.1) is 16.5 Å². The molecule has 1 nitrogen and oxygen atoms in total. The number of rotatable bonds is 7. The lowest BCUT2D eigenvalue weighted by Crippen LogP contribution is -2.29. The van der Waals surface area contributed by atoms with Crippen molar-refractivity contribution >= 4 is 17.1 Å². The molecule has 0 N–H and O–H groups in total. The van der Waals surface area contributed by atoms with Crippen molar-refractivity contribution in [1.82, 2.24) is 0 Å². The molecule has 314 valence electrons. The first kappa shape index (κ1) is 38.7. The molecule has 4 aliphatic rings. The van der Waals surface area contributed by atoms with Gasteiger partial charge < -0.3 is 4.90 Å². The molecule has 9 aromatic rings. The average Bonchev–Trinajstić information content (AvgIpc) is 3.95. The van der Waals surface area contributed by atoms with Crippen molar-refractivity contribution in [2.45, 2.75) is 42.9 Å². The summed E-state index contributed by atoms with van der Waals surface area (Å²) in [5.41, 5.74) is 23.3. The van der Waals surface area contributed by atoms with E-state index in [0.717, 1.165) is 24.2 Å². The van der Waals surface area contributed by atoms with Crippen molar-refractivity contribution in [3.05, 3.63) is 292 Å². The van der Waals surface area contributed by atoms with Crippen LogP contribution in [0.4, 0.5) is 17.1 Å². The van der Waals surface area contributed by atoms with Crippen LogP contribution in [-0.2, 0) is 16.2 Å². The Morgan fingerprint density at radius 1 is 0.364 bits per heavy atom. The first-order chi connectivity index (χ1) is 32.5. The molecule has 0 amide bonds. The zero-order valence-electron chi connectivity index (χ0n) is 37.4. The molecule has 1 heteroatoms. The van der Waals surface area contributed by atoms with E-state index in [1.807, 2.05) is 0 Å². The lowest BCUT2D eigenvalue weighted by molar-refractivity contribution is 0.660. The van der Waals surface area contributed by atoms with E-state index in [-0.39, 0.29) is 5.41 Å². The molecule has 1 unspecified atom stereocenters. The lowest BCUT2D eigenvalue weighted by Gasteiger charge is -2.36. The third-order valence-corrected chi connectivity index (χ3v) is 15.4. The van der Waals surface area contributed by atoms with Crippen LogP contribution >= 0.6 is 0 Å². The highest BCUT2D eigenvalue weighted by atomic mass is 15.1. The van der Waals surface area contributed by atoms with Crippen LogP contribution in [0.1, 0.15) is 76.8 Å². The molecular weight excluding hydrogens is 795 g/mol. The zero-order valence-corrected chi connectivity index (χ0v) is 37.4. The Morgan fingerprint density at radius 3 is 1.52 bits per heavy atom. The maximum Gasteiger partial charge on any atom is 0.0714 e. The molecule has 0 heterocycles. The molecule has 66 heavy (non-hydrogen) atoms. The van der Waals surface area contributed by atoms with Gasteiger partial charge in [-0.15, -0.1) is 0 Å². The van der Waals surface area contributed by atoms with Gasteiger partial charge in [-0.25, -0.2) is 0 Å². The number of fused-ring (bicyclic) bond motifs is 9. The van der Waals surface area contributed by atoms with E-state index in [4.69, 9.17) is 0 Å². The van der Waals surface area contributed by atoms with Gasteiger partial charge >= 0.3 is 0 Å². The Balaban J connectivity index is 1.11. The summed E-state index contributed by atoms with van der Waals surface area (Å²) in [6, 6.07) is 82.4. The van der Waals surface area contributed by atoms with Crippen LogP contribution in [0, 0.1) is 0 Å². The van der Waals surface area contributed by atoms with E-state index in [9.17, 15) is 0 Å². The summed E-state index contributed by atoms with van der Waals surface area (Å²) in [4.78, 5) is 2.58. The SMILES string of the molecule is CC1(C)c2ccccc2-c2ccc(N(c3ccc4c(c3)-c3ccccc3C4(C3=CCCC=C3)c3ccccc3)c3cccc4c3-c3ccccc3C4(c3ccccc3)c3ccccc3)cc21. The Morgan fingerprint density at radius 2 is 0.864 bits per heavy atom. The molecule has 1 atom stereocenters. The second-order valence-electron chi connectivity index (χ2n) is 19.0. The van der Waals surface area contributed by atoms with Gasteiger partial charge in [-0.1, -0.05) is 220 Å². The van der Waals surface area contributed by atoms with Gasteiger partial charge in [-0.3, -0.25) is 0 Å². The van der Waals surface area contributed by atoms with E-state index in [0.29, 0.717) is 0 Å². The Bertz CT molecular complexity index is 3410. The highest BCUT2D eigenvalue weighted by Crippen LogP contribution is 2.62. The smallest absolute Gasteiger partial charge is 0.0714 e. The largest absolute Gasteiger partial charge is 0.310 e. The average molecular weight is 844 g/mol. The molecule has 0 saturated heterocycles. The number of allylic oxidation sites excluding steroid dienone is 4. The van der Waals surface area contributed by atoms with Gasteiger partial charge in [0.15, 0.2) is 0 Å². The molecule has 0 fully saturated rings. The molecule has 0 spiro atoms. The molecular formula is C65H49N. The van der Waals surface area contributed by atoms with Crippen molar-refractivity contribution in [2.24, 2.45) is 0 Å². The fourth-order valence-electron chi connectivity index (χ4n) is 12.7. The highest BCUT2D eigenvalue weighted by Gasteiger charge is 2.49. The second-order valence-corrected chi connectivity index (χ2v) is 19.0. The molecule has 0 saturated carbocycles. The molecule has 13 rings (SSSR count). The third kappa shape index (κ3) is 5.23. The first-order valence-electron chi connectivity index (χ1n) is 23.6. The number of nitrogens with zero attached hydrogens (tertiary/aromatic N) is 1. The molecule has 0 aromatic heterocycles. The minimum Gasteiger partial charge on any atom is -0.310 e. The number of hydrogen-bond donors (Lipinski definition) is 0. The Hall–Kier alpha value is -7.74. The van der Waals surface area contributed by atoms with Crippen LogP contribution in [0.25, 0.3) is 33.4 Å². The van der Waals surface area contributed by atoms with Gasteiger partial charge in [0.25, 0.3) is 0 Å². The number of benzene rings is 9. The van der Waals surface area contributed by atoms with Crippen LogP contribution in [0.3, 0.4) is 0 Å². The zero-order chi connectivity index (χ0) is 44.0. The van der Waals surface area contributed by atoms with Crippen LogP contribution in [-0.4, -0.2) is 0 Å². The fraction of sp³-hybridized carbons (Fsp3) is 0.108. The summed E-state index contributed by atoms with van der Waals surface area (Å²) >= 11 is 0. The third-order valence-electron chi connectivity index (χ3n) is 15.4.